The second-order valence-electron chi connectivity index (χ2n) is 3.14. The zero-order valence-corrected chi connectivity index (χ0v) is 7.72. The maximum Gasteiger partial charge on any atom is 0.106 e. The van der Waals surface area contributed by atoms with Crippen molar-refractivity contribution in [3.05, 3.63) is 23.8 Å². The molecule has 0 bridgehead atoms. The molecule has 8 N–H and O–H groups in total. The van der Waals surface area contributed by atoms with Gasteiger partial charge in [0.25, 0.3) is 0 Å². The molecule has 0 amide bonds. The quantitative estimate of drug-likeness (QED) is 0.407. The van der Waals surface area contributed by atoms with E-state index in [0.29, 0.717) is 16.9 Å². The predicted molar refractivity (Wildman–Crippen MR) is 55.3 cm³/mol. The molecule has 0 aliphatic rings. The van der Waals surface area contributed by atoms with Crippen LogP contribution in [0.1, 0.15) is 11.7 Å². The Balaban J connectivity index is 2.91. The third-order valence-corrected chi connectivity index (χ3v) is 2.06. The van der Waals surface area contributed by atoms with Gasteiger partial charge in [0.15, 0.2) is 0 Å². The van der Waals surface area contributed by atoms with E-state index in [9.17, 15) is 10.2 Å². The van der Waals surface area contributed by atoms with E-state index in [-0.39, 0.29) is 6.54 Å². The average Bonchev–Trinajstić information content (AvgIpc) is 2.20. The Kier molecular flexibility index (Phi) is 3.29. The number of nitrogen functional groups attached to an aromatic ring is 2. The van der Waals surface area contributed by atoms with Gasteiger partial charge in [-0.25, -0.2) is 0 Å². The van der Waals surface area contributed by atoms with E-state index in [1.54, 1.807) is 12.1 Å². The lowest BCUT2D eigenvalue weighted by molar-refractivity contribution is 0.0244. The van der Waals surface area contributed by atoms with Crippen molar-refractivity contribution in [2.45, 2.75) is 12.2 Å². The number of nitrogens with two attached hydrogens (primary N) is 3. The molecular formula is C9H15N3O2. The molecule has 0 spiro atoms. The first-order valence-electron chi connectivity index (χ1n) is 4.27. The molecule has 0 heterocycles. The maximum atomic E-state index is 9.58. The zero-order valence-electron chi connectivity index (χ0n) is 7.72. The molecule has 14 heavy (non-hydrogen) atoms. The fourth-order valence-electron chi connectivity index (χ4n) is 1.13. The Morgan fingerprint density at radius 3 is 2.29 bits per heavy atom. The van der Waals surface area contributed by atoms with Crippen LogP contribution >= 0.6 is 0 Å². The summed E-state index contributed by atoms with van der Waals surface area (Å²) in [6, 6.07) is 4.71. The monoisotopic (exact) mass is 197 g/mol. The Morgan fingerprint density at radius 2 is 1.79 bits per heavy atom. The lowest BCUT2D eigenvalue weighted by atomic mass is 10.0. The van der Waals surface area contributed by atoms with Crippen molar-refractivity contribution in [3.63, 3.8) is 0 Å². The van der Waals surface area contributed by atoms with E-state index in [2.05, 4.69) is 0 Å². The summed E-state index contributed by atoms with van der Waals surface area (Å²) >= 11 is 0. The molecule has 0 fully saturated rings. The molecule has 0 aliphatic heterocycles. The van der Waals surface area contributed by atoms with Gasteiger partial charge in [0.1, 0.15) is 6.10 Å². The minimum Gasteiger partial charge on any atom is -0.397 e. The largest absolute Gasteiger partial charge is 0.397 e. The molecule has 0 saturated heterocycles. The van der Waals surface area contributed by atoms with Crippen LogP contribution in [-0.2, 0) is 0 Å². The van der Waals surface area contributed by atoms with Crippen molar-refractivity contribution < 1.29 is 10.2 Å². The number of rotatable bonds is 3. The average molecular weight is 197 g/mol. The van der Waals surface area contributed by atoms with Gasteiger partial charge >= 0.3 is 0 Å². The van der Waals surface area contributed by atoms with Gasteiger partial charge in [0, 0.05) is 6.54 Å². The summed E-state index contributed by atoms with van der Waals surface area (Å²) in [7, 11) is 0. The van der Waals surface area contributed by atoms with Crippen molar-refractivity contribution in [2.24, 2.45) is 5.73 Å². The van der Waals surface area contributed by atoms with Gasteiger partial charge in [-0.05, 0) is 17.7 Å². The van der Waals surface area contributed by atoms with Gasteiger partial charge in [0.05, 0.1) is 17.5 Å². The van der Waals surface area contributed by atoms with Crippen LogP contribution in [0.2, 0.25) is 0 Å². The third kappa shape index (κ3) is 2.14. The molecular weight excluding hydrogens is 182 g/mol. The fraction of sp³-hybridized carbons (Fsp3) is 0.333. The zero-order chi connectivity index (χ0) is 10.7. The Hall–Kier alpha value is -1.30. The number of hydrogen-bond acceptors (Lipinski definition) is 5. The van der Waals surface area contributed by atoms with E-state index in [1.807, 2.05) is 0 Å². The van der Waals surface area contributed by atoms with Gasteiger partial charge in [-0.15, -0.1) is 0 Å². The number of hydrogen-bond donors (Lipinski definition) is 5. The highest BCUT2D eigenvalue weighted by Crippen LogP contribution is 2.22. The molecule has 5 nitrogen and oxygen atoms in total. The van der Waals surface area contributed by atoms with Crippen molar-refractivity contribution in [2.75, 3.05) is 18.0 Å². The topological polar surface area (TPSA) is 119 Å². The van der Waals surface area contributed by atoms with Crippen LogP contribution in [0.25, 0.3) is 0 Å². The second kappa shape index (κ2) is 4.28. The van der Waals surface area contributed by atoms with E-state index in [1.165, 1.54) is 6.07 Å². The maximum absolute atomic E-state index is 9.58. The summed E-state index contributed by atoms with van der Waals surface area (Å²) in [5.74, 6) is 0. The van der Waals surface area contributed by atoms with Gasteiger partial charge in [0.2, 0.25) is 0 Å². The SMILES string of the molecule is NCC(O)C(O)c1ccc(N)c(N)c1. The van der Waals surface area contributed by atoms with Crippen LogP contribution < -0.4 is 17.2 Å². The first-order chi connectivity index (χ1) is 6.56. The lowest BCUT2D eigenvalue weighted by Gasteiger charge is -2.17. The summed E-state index contributed by atoms with van der Waals surface area (Å²) in [5.41, 5.74) is 17.6. The van der Waals surface area contributed by atoms with Crippen LogP contribution in [0, 0.1) is 0 Å². The summed E-state index contributed by atoms with van der Waals surface area (Å²) in [5, 5.41) is 18.9. The van der Waals surface area contributed by atoms with Gasteiger partial charge in [-0.2, -0.15) is 0 Å². The number of aliphatic hydroxyl groups excluding tert-OH is 2. The van der Waals surface area contributed by atoms with Crippen LogP contribution in [-0.4, -0.2) is 22.9 Å². The first kappa shape index (κ1) is 10.8. The van der Waals surface area contributed by atoms with Gasteiger partial charge in [-0.1, -0.05) is 6.07 Å². The molecule has 0 saturated carbocycles. The Bertz CT molecular complexity index is 317. The van der Waals surface area contributed by atoms with Crippen LogP contribution in [0.5, 0.6) is 0 Å². The van der Waals surface area contributed by atoms with Crippen LogP contribution in [0.3, 0.4) is 0 Å². The molecule has 2 unspecified atom stereocenters. The van der Waals surface area contributed by atoms with Crippen LogP contribution in [0.15, 0.2) is 18.2 Å². The molecule has 2 atom stereocenters. The Labute approximate surface area is 82.1 Å². The van der Waals surface area contributed by atoms with Crippen molar-refractivity contribution in [1.29, 1.82) is 0 Å². The molecule has 1 rings (SSSR count). The molecule has 1 aromatic carbocycles. The molecule has 0 aromatic heterocycles. The van der Waals surface area contributed by atoms with Crippen molar-refractivity contribution >= 4 is 11.4 Å². The minimum absolute atomic E-state index is 0.00848. The predicted octanol–water partition coefficient (Wildman–Crippen LogP) is -0.796. The third-order valence-electron chi connectivity index (χ3n) is 2.06. The highest BCUT2D eigenvalue weighted by molar-refractivity contribution is 5.64. The fourth-order valence-corrected chi connectivity index (χ4v) is 1.13. The standard InChI is InChI=1S/C9H15N3O2/c10-4-8(13)9(14)5-1-2-6(11)7(12)3-5/h1-3,8-9,13-14H,4,10-12H2. The first-order valence-corrected chi connectivity index (χ1v) is 4.27. The van der Waals surface area contributed by atoms with Crippen molar-refractivity contribution in [1.82, 2.24) is 0 Å². The normalized spacial score (nSPS) is 15.1. The molecule has 78 valence electrons. The molecule has 1 aromatic rings. The number of benzene rings is 1. The van der Waals surface area contributed by atoms with E-state index >= 15 is 0 Å². The highest BCUT2D eigenvalue weighted by atomic mass is 16.3. The number of anilines is 2. The van der Waals surface area contributed by atoms with Crippen molar-refractivity contribution in [3.8, 4) is 0 Å². The second-order valence-corrected chi connectivity index (χ2v) is 3.14. The summed E-state index contributed by atoms with van der Waals surface area (Å²) < 4.78 is 0. The molecule has 0 aliphatic carbocycles. The molecule has 5 heteroatoms. The van der Waals surface area contributed by atoms with Crippen LogP contribution in [0.4, 0.5) is 11.4 Å². The lowest BCUT2D eigenvalue weighted by Crippen LogP contribution is -2.27. The summed E-state index contributed by atoms with van der Waals surface area (Å²) in [4.78, 5) is 0. The van der Waals surface area contributed by atoms with E-state index < -0.39 is 12.2 Å². The van der Waals surface area contributed by atoms with Gasteiger partial charge < -0.3 is 27.4 Å². The summed E-state index contributed by atoms with van der Waals surface area (Å²) in [6.45, 7) is -0.00848. The van der Waals surface area contributed by atoms with E-state index in [0.717, 1.165) is 0 Å². The van der Waals surface area contributed by atoms with Gasteiger partial charge in [-0.3, -0.25) is 0 Å². The minimum atomic E-state index is -1.03. The highest BCUT2D eigenvalue weighted by Gasteiger charge is 2.16. The smallest absolute Gasteiger partial charge is 0.106 e. The Morgan fingerprint density at radius 1 is 1.14 bits per heavy atom. The molecule has 0 radical (unpaired) electrons. The van der Waals surface area contributed by atoms with E-state index in [4.69, 9.17) is 17.2 Å². The summed E-state index contributed by atoms with van der Waals surface area (Å²) in [6.07, 6.45) is -2.01. The number of aliphatic hydroxyl groups is 2.